The molecule has 0 radical (unpaired) electrons. The molecule has 1 aliphatic heterocycles. The van der Waals surface area contributed by atoms with E-state index in [1.165, 1.54) is 18.4 Å². The molecule has 0 unspecified atom stereocenters. The number of carbonyl (C=O) groups excluding carboxylic acids is 1. The SMILES string of the molecule is N[C@@H]1CCCC[C@@H]1CC(=O)N1CCNCc2ccccc21. The van der Waals surface area contributed by atoms with Gasteiger partial charge in [0.15, 0.2) is 0 Å². The first-order valence-electron chi connectivity index (χ1n) is 8.10. The smallest absolute Gasteiger partial charge is 0.227 e. The largest absolute Gasteiger partial charge is 0.327 e. The van der Waals surface area contributed by atoms with Crippen molar-refractivity contribution in [3.8, 4) is 0 Å². The molecule has 1 aliphatic carbocycles. The zero-order valence-corrected chi connectivity index (χ0v) is 12.6. The number of benzene rings is 1. The van der Waals surface area contributed by atoms with Crippen molar-refractivity contribution in [2.75, 3.05) is 18.0 Å². The third-order valence-corrected chi connectivity index (χ3v) is 4.82. The molecule has 1 aromatic carbocycles. The number of fused-ring (bicyclic) bond motifs is 1. The van der Waals surface area contributed by atoms with Gasteiger partial charge in [0.25, 0.3) is 0 Å². The van der Waals surface area contributed by atoms with E-state index < -0.39 is 0 Å². The fourth-order valence-electron chi connectivity index (χ4n) is 3.54. The molecule has 1 amide bonds. The average Bonchev–Trinajstić information content (AvgIpc) is 2.72. The summed E-state index contributed by atoms with van der Waals surface area (Å²) < 4.78 is 0. The molecule has 0 spiro atoms. The highest BCUT2D eigenvalue weighted by atomic mass is 16.2. The minimum absolute atomic E-state index is 0.197. The summed E-state index contributed by atoms with van der Waals surface area (Å²) in [7, 11) is 0. The van der Waals surface area contributed by atoms with Gasteiger partial charge in [-0.25, -0.2) is 0 Å². The van der Waals surface area contributed by atoms with Crippen molar-refractivity contribution < 1.29 is 4.79 Å². The summed E-state index contributed by atoms with van der Waals surface area (Å²) in [6, 6.07) is 8.40. The number of hydrogen-bond acceptors (Lipinski definition) is 3. The van der Waals surface area contributed by atoms with Crippen LogP contribution in [0.3, 0.4) is 0 Å². The van der Waals surface area contributed by atoms with Crippen molar-refractivity contribution in [3.63, 3.8) is 0 Å². The maximum atomic E-state index is 12.8. The van der Waals surface area contributed by atoms with Crippen molar-refractivity contribution in [2.24, 2.45) is 11.7 Å². The quantitative estimate of drug-likeness (QED) is 0.875. The molecule has 3 N–H and O–H groups in total. The van der Waals surface area contributed by atoms with Crippen LogP contribution in [0.25, 0.3) is 0 Å². The number of nitrogens with zero attached hydrogens (tertiary/aromatic N) is 1. The summed E-state index contributed by atoms with van der Waals surface area (Å²) in [5, 5.41) is 3.38. The maximum absolute atomic E-state index is 12.8. The van der Waals surface area contributed by atoms with Crippen LogP contribution in [0.4, 0.5) is 5.69 Å². The minimum Gasteiger partial charge on any atom is -0.327 e. The second-order valence-corrected chi connectivity index (χ2v) is 6.26. The molecular formula is C17H25N3O. The van der Waals surface area contributed by atoms with Gasteiger partial charge in [0.2, 0.25) is 5.91 Å². The lowest BCUT2D eigenvalue weighted by Gasteiger charge is -2.30. The van der Waals surface area contributed by atoms with Crippen LogP contribution in [0, 0.1) is 5.92 Å². The zero-order chi connectivity index (χ0) is 14.7. The summed E-state index contributed by atoms with van der Waals surface area (Å²) >= 11 is 0. The van der Waals surface area contributed by atoms with Gasteiger partial charge in [-0.1, -0.05) is 31.0 Å². The summed E-state index contributed by atoms with van der Waals surface area (Å²) in [6.45, 7) is 2.43. The molecule has 3 rings (SSSR count). The highest BCUT2D eigenvalue weighted by Gasteiger charge is 2.28. The summed E-state index contributed by atoms with van der Waals surface area (Å²) in [5.74, 6) is 0.586. The van der Waals surface area contributed by atoms with Crippen LogP contribution >= 0.6 is 0 Å². The van der Waals surface area contributed by atoms with Crippen LogP contribution in [-0.4, -0.2) is 25.0 Å². The summed E-state index contributed by atoms with van der Waals surface area (Å²) in [4.78, 5) is 14.7. The second kappa shape index (κ2) is 6.58. The van der Waals surface area contributed by atoms with E-state index >= 15 is 0 Å². The second-order valence-electron chi connectivity index (χ2n) is 6.26. The van der Waals surface area contributed by atoms with Crippen LogP contribution in [0.2, 0.25) is 0 Å². The molecule has 0 saturated heterocycles. The molecule has 1 aromatic rings. The van der Waals surface area contributed by atoms with Gasteiger partial charge in [0.1, 0.15) is 0 Å². The Hall–Kier alpha value is -1.39. The maximum Gasteiger partial charge on any atom is 0.227 e. The first kappa shape index (κ1) is 14.5. The molecule has 1 saturated carbocycles. The Morgan fingerprint density at radius 1 is 1.29 bits per heavy atom. The molecule has 2 atom stereocenters. The van der Waals surface area contributed by atoms with Crippen LogP contribution in [0.15, 0.2) is 24.3 Å². The van der Waals surface area contributed by atoms with Crippen molar-refractivity contribution in [2.45, 2.75) is 44.7 Å². The van der Waals surface area contributed by atoms with Crippen LogP contribution in [0.5, 0.6) is 0 Å². The zero-order valence-electron chi connectivity index (χ0n) is 12.6. The van der Waals surface area contributed by atoms with E-state index in [4.69, 9.17) is 5.73 Å². The van der Waals surface area contributed by atoms with Gasteiger partial charge in [-0.05, 0) is 30.4 Å². The van der Waals surface area contributed by atoms with E-state index in [2.05, 4.69) is 17.4 Å². The number of carbonyl (C=O) groups is 1. The Morgan fingerprint density at radius 2 is 2.10 bits per heavy atom. The van der Waals surface area contributed by atoms with Crippen molar-refractivity contribution in [3.05, 3.63) is 29.8 Å². The van der Waals surface area contributed by atoms with Gasteiger partial charge < -0.3 is 16.0 Å². The Bertz CT molecular complexity index is 503. The van der Waals surface area contributed by atoms with Crippen molar-refractivity contribution >= 4 is 11.6 Å². The van der Waals surface area contributed by atoms with E-state index in [0.29, 0.717) is 12.3 Å². The van der Waals surface area contributed by atoms with Gasteiger partial charge in [-0.15, -0.1) is 0 Å². The monoisotopic (exact) mass is 287 g/mol. The highest BCUT2D eigenvalue weighted by molar-refractivity contribution is 5.94. The number of amides is 1. The molecule has 1 heterocycles. The predicted octanol–water partition coefficient (Wildman–Crippen LogP) is 2.03. The predicted molar refractivity (Wildman–Crippen MR) is 85.1 cm³/mol. The van der Waals surface area contributed by atoms with Crippen molar-refractivity contribution in [1.82, 2.24) is 5.32 Å². The summed E-state index contributed by atoms with van der Waals surface area (Å²) in [5.41, 5.74) is 8.47. The topological polar surface area (TPSA) is 58.4 Å². The minimum atomic E-state index is 0.197. The fourth-order valence-corrected chi connectivity index (χ4v) is 3.54. The third kappa shape index (κ3) is 3.27. The Morgan fingerprint density at radius 3 is 2.95 bits per heavy atom. The van der Waals surface area contributed by atoms with E-state index in [1.54, 1.807) is 0 Å². The molecule has 114 valence electrons. The standard InChI is InChI=1S/C17H25N3O/c18-15-7-3-1-5-13(15)11-17(21)20-10-9-19-12-14-6-2-4-8-16(14)20/h2,4,6,8,13,15,19H,1,3,5,7,9-12,18H2/t13-,15-/m1/s1. The summed E-state index contributed by atoms with van der Waals surface area (Å²) in [6.07, 6.45) is 5.18. The molecule has 0 bridgehead atoms. The molecule has 21 heavy (non-hydrogen) atoms. The first-order chi connectivity index (χ1) is 10.3. The van der Waals surface area contributed by atoms with E-state index in [0.717, 1.165) is 38.2 Å². The number of anilines is 1. The lowest BCUT2D eigenvalue weighted by Crippen LogP contribution is -2.40. The number of nitrogens with two attached hydrogens (primary N) is 1. The number of para-hydroxylation sites is 1. The first-order valence-corrected chi connectivity index (χ1v) is 8.10. The normalized spacial score (nSPS) is 26.0. The van der Waals surface area contributed by atoms with Gasteiger partial charge in [0, 0.05) is 37.8 Å². The third-order valence-electron chi connectivity index (χ3n) is 4.82. The van der Waals surface area contributed by atoms with E-state index in [9.17, 15) is 4.79 Å². The fraction of sp³-hybridized carbons (Fsp3) is 0.588. The average molecular weight is 287 g/mol. The number of hydrogen-bond donors (Lipinski definition) is 2. The molecule has 4 nitrogen and oxygen atoms in total. The molecule has 4 heteroatoms. The van der Waals surface area contributed by atoms with Gasteiger partial charge in [-0.3, -0.25) is 4.79 Å². The van der Waals surface area contributed by atoms with Gasteiger partial charge >= 0.3 is 0 Å². The van der Waals surface area contributed by atoms with E-state index in [1.807, 2.05) is 17.0 Å². The van der Waals surface area contributed by atoms with Crippen LogP contribution in [0.1, 0.15) is 37.7 Å². The van der Waals surface area contributed by atoms with Crippen molar-refractivity contribution in [1.29, 1.82) is 0 Å². The lowest BCUT2D eigenvalue weighted by molar-refractivity contribution is -0.119. The van der Waals surface area contributed by atoms with Crippen LogP contribution < -0.4 is 16.0 Å². The molecular weight excluding hydrogens is 262 g/mol. The van der Waals surface area contributed by atoms with Gasteiger partial charge in [-0.2, -0.15) is 0 Å². The van der Waals surface area contributed by atoms with E-state index in [-0.39, 0.29) is 11.9 Å². The van der Waals surface area contributed by atoms with Crippen LogP contribution in [-0.2, 0) is 11.3 Å². The Balaban J connectivity index is 1.74. The molecule has 2 aliphatic rings. The number of nitrogens with one attached hydrogen (secondary N) is 1. The molecule has 1 fully saturated rings. The van der Waals surface area contributed by atoms with Gasteiger partial charge in [0.05, 0.1) is 0 Å². The lowest BCUT2D eigenvalue weighted by atomic mass is 9.82. The highest BCUT2D eigenvalue weighted by Crippen LogP contribution is 2.28. The Labute approximate surface area is 126 Å². The molecule has 0 aromatic heterocycles. The number of rotatable bonds is 2. The Kier molecular flexibility index (Phi) is 4.56.